The van der Waals surface area contributed by atoms with E-state index in [-0.39, 0.29) is 10.8 Å². The minimum Gasteiger partial charge on any atom is -0.268 e. The molecule has 0 N–H and O–H groups in total. The van der Waals surface area contributed by atoms with Gasteiger partial charge in [-0.2, -0.15) is 5.26 Å². The molecule has 1 atom stereocenters. The maximum absolute atomic E-state index is 13.0. The molecule has 0 bridgehead atoms. The smallest absolute Gasteiger partial charge is 0.267 e. The van der Waals surface area contributed by atoms with Crippen molar-refractivity contribution in [1.29, 1.82) is 5.26 Å². The second kappa shape index (κ2) is 6.23. The number of aryl methyl sites for hydroxylation is 1. The summed E-state index contributed by atoms with van der Waals surface area (Å²) < 4.78 is 1.50. The third-order valence-corrected chi connectivity index (χ3v) is 4.35. The summed E-state index contributed by atoms with van der Waals surface area (Å²) in [7, 11) is 0. The van der Waals surface area contributed by atoms with Gasteiger partial charge < -0.3 is 0 Å². The summed E-state index contributed by atoms with van der Waals surface area (Å²) in [6, 6.07) is 13.1. The largest absolute Gasteiger partial charge is 0.268 e. The van der Waals surface area contributed by atoms with Gasteiger partial charge in [-0.3, -0.25) is 4.79 Å². The standard InChI is InChI=1S/C17H14N4OS/c1-11-6-5-9-19-15(11)21-16(22)13-7-3-4-8-14(13)20-17(21)23-12(2)10-18/h3-9,12H,1-2H3/t12-/m1/s1. The number of hydrogen-bond acceptors (Lipinski definition) is 5. The molecule has 1 aromatic carbocycles. The van der Waals surface area contributed by atoms with E-state index in [0.29, 0.717) is 21.9 Å². The molecule has 3 rings (SSSR count). The molecule has 0 aliphatic heterocycles. The van der Waals surface area contributed by atoms with Crippen LogP contribution in [0.4, 0.5) is 0 Å². The van der Waals surface area contributed by atoms with E-state index < -0.39 is 0 Å². The lowest BCUT2D eigenvalue weighted by Gasteiger charge is -2.14. The highest BCUT2D eigenvalue weighted by Gasteiger charge is 2.17. The first kappa shape index (κ1) is 15.3. The van der Waals surface area contributed by atoms with Gasteiger partial charge in [0.05, 0.1) is 22.2 Å². The molecule has 114 valence electrons. The zero-order valence-corrected chi connectivity index (χ0v) is 13.5. The molecule has 23 heavy (non-hydrogen) atoms. The van der Waals surface area contributed by atoms with Crippen molar-refractivity contribution in [3.8, 4) is 11.9 Å². The Kier molecular flexibility index (Phi) is 4.13. The molecule has 2 aromatic heterocycles. The maximum Gasteiger partial charge on any atom is 0.267 e. The van der Waals surface area contributed by atoms with Crippen LogP contribution in [0.2, 0.25) is 0 Å². The number of nitriles is 1. The Balaban J connectivity index is 2.36. The Morgan fingerprint density at radius 1 is 1.26 bits per heavy atom. The van der Waals surface area contributed by atoms with Crippen LogP contribution in [0.1, 0.15) is 12.5 Å². The van der Waals surface area contributed by atoms with Crippen LogP contribution < -0.4 is 5.56 Å². The Bertz CT molecular complexity index is 974. The van der Waals surface area contributed by atoms with E-state index in [4.69, 9.17) is 5.26 Å². The quantitative estimate of drug-likeness (QED) is 0.547. The molecule has 6 heteroatoms. The third kappa shape index (κ3) is 2.83. The van der Waals surface area contributed by atoms with Gasteiger partial charge >= 0.3 is 0 Å². The summed E-state index contributed by atoms with van der Waals surface area (Å²) >= 11 is 1.25. The SMILES string of the molecule is Cc1cccnc1-n1c(S[C@H](C)C#N)nc2ccccc2c1=O. The van der Waals surface area contributed by atoms with Gasteiger partial charge in [0, 0.05) is 6.20 Å². The van der Waals surface area contributed by atoms with Crippen molar-refractivity contribution < 1.29 is 0 Å². The topological polar surface area (TPSA) is 71.6 Å². The lowest BCUT2D eigenvalue weighted by Crippen LogP contribution is -2.24. The van der Waals surface area contributed by atoms with E-state index >= 15 is 0 Å². The average molecular weight is 322 g/mol. The molecule has 0 aliphatic rings. The van der Waals surface area contributed by atoms with E-state index in [1.54, 1.807) is 25.3 Å². The van der Waals surface area contributed by atoms with Crippen LogP contribution in [0.5, 0.6) is 0 Å². The van der Waals surface area contributed by atoms with E-state index in [2.05, 4.69) is 16.0 Å². The molecule has 5 nitrogen and oxygen atoms in total. The normalized spacial score (nSPS) is 12.0. The van der Waals surface area contributed by atoms with Crippen molar-refractivity contribution in [3.63, 3.8) is 0 Å². The summed E-state index contributed by atoms with van der Waals surface area (Å²) in [5.41, 5.74) is 1.32. The predicted octanol–water partition coefficient (Wildman–Crippen LogP) is 3.09. The summed E-state index contributed by atoms with van der Waals surface area (Å²) in [5.74, 6) is 0.545. The first-order valence-corrected chi connectivity index (χ1v) is 8.00. The van der Waals surface area contributed by atoms with E-state index in [0.717, 1.165) is 5.56 Å². The first-order valence-electron chi connectivity index (χ1n) is 7.12. The monoisotopic (exact) mass is 322 g/mol. The zero-order valence-electron chi connectivity index (χ0n) is 12.7. The van der Waals surface area contributed by atoms with Gasteiger partial charge in [-0.25, -0.2) is 14.5 Å². The second-order valence-corrected chi connectivity index (χ2v) is 6.39. The fourth-order valence-corrected chi connectivity index (χ4v) is 3.07. The van der Waals surface area contributed by atoms with Crippen molar-refractivity contribution in [1.82, 2.24) is 14.5 Å². The summed E-state index contributed by atoms with van der Waals surface area (Å²) in [6.45, 7) is 3.67. The van der Waals surface area contributed by atoms with E-state index in [1.165, 1.54) is 16.3 Å². The van der Waals surface area contributed by atoms with Gasteiger partial charge in [0.1, 0.15) is 5.82 Å². The van der Waals surface area contributed by atoms with Crippen LogP contribution in [0, 0.1) is 18.3 Å². The van der Waals surface area contributed by atoms with Gasteiger partial charge in [-0.15, -0.1) is 0 Å². The van der Waals surface area contributed by atoms with Crippen LogP contribution >= 0.6 is 11.8 Å². The number of rotatable bonds is 3. The molecular weight excluding hydrogens is 308 g/mol. The fourth-order valence-electron chi connectivity index (χ4n) is 2.27. The number of thioether (sulfide) groups is 1. The number of para-hydroxylation sites is 1. The number of fused-ring (bicyclic) bond motifs is 1. The molecule has 3 aromatic rings. The zero-order chi connectivity index (χ0) is 16.4. The highest BCUT2D eigenvalue weighted by molar-refractivity contribution is 8.00. The van der Waals surface area contributed by atoms with Crippen molar-refractivity contribution in [2.24, 2.45) is 0 Å². The molecule has 0 radical (unpaired) electrons. The summed E-state index contributed by atoms with van der Waals surface area (Å²) in [5, 5.41) is 9.78. The lowest BCUT2D eigenvalue weighted by molar-refractivity contribution is 0.788. The van der Waals surface area contributed by atoms with Crippen LogP contribution in [-0.2, 0) is 0 Å². The van der Waals surface area contributed by atoms with Crippen LogP contribution in [0.3, 0.4) is 0 Å². The molecule has 0 amide bonds. The summed E-state index contributed by atoms with van der Waals surface area (Å²) in [4.78, 5) is 21.9. The molecule has 0 saturated carbocycles. The average Bonchev–Trinajstić information content (AvgIpc) is 2.56. The number of hydrogen-bond donors (Lipinski definition) is 0. The Morgan fingerprint density at radius 3 is 2.78 bits per heavy atom. The maximum atomic E-state index is 13.0. The number of nitrogens with zero attached hydrogens (tertiary/aromatic N) is 4. The minimum absolute atomic E-state index is 0.176. The Morgan fingerprint density at radius 2 is 2.04 bits per heavy atom. The Hall–Kier alpha value is -2.65. The van der Waals surface area contributed by atoms with Crippen LogP contribution in [0.25, 0.3) is 16.7 Å². The van der Waals surface area contributed by atoms with Gasteiger partial charge in [0.25, 0.3) is 5.56 Å². The molecule has 0 spiro atoms. The van der Waals surface area contributed by atoms with Gasteiger partial charge in [-0.05, 0) is 37.6 Å². The second-order valence-electron chi connectivity index (χ2n) is 5.09. The highest BCUT2D eigenvalue weighted by atomic mass is 32.2. The molecule has 0 aliphatic carbocycles. The van der Waals surface area contributed by atoms with Crippen LogP contribution in [0.15, 0.2) is 52.5 Å². The minimum atomic E-state index is -0.321. The number of aromatic nitrogens is 3. The third-order valence-electron chi connectivity index (χ3n) is 3.40. The molecule has 0 unspecified atom stereocenters. The lowest BCUT2D eigenvalue weighted by atomic mass is 10.2. The van der Waals surface area contributed by atoms with Crippen molar-refractivity contribution in [2.45, 2.75) is 24.3 Å². The van der Waals surface area contributed by atoms with Gasteiger partial charge in [0.15, 0.2) is 5.16 Å². The fraction of sp³-hybridized carbons (Fsp3) is 0.176. The molecule has 0 saturated heterocycles. The molecule has 0 fully saturated rings. The first-order chi connectivity index (χ1) is 11.1. The number of benzene rings is 1. The van der Waals surface area contributed by atoms with Crippen molar-refractivity contribution >= 4 is 22.7 Å². The van der Waals surface area contributed by atoms with E-state index in [9.17, 15) is 4.79 Å². The van der Waals surface area contributed by atoms with Gasteiger partial charge in [0.2, 0.25) is 0 Å². The van der Waals surface area contributed by atoms with Crippen LogP contribution in [-0.4, -0.2) is 19.8 Å². The number of pyridine rings is 1. The van der Waals surface area contributed by atoms with E-state index in [1.807, 2.05) is 31.2 Å². The molecular formula is C17H14N4OS. The highest BCUT2D eigenvalue weighted by Crippen LogP contribution is 2.24. The van der Waals surface area contributed by atoms with Gasteiger partial charge in [-0.1, -0.05) is 30.0 Å². The van der Waals surface area contributed by atoms with Crippen molar-refractivity contribution in [2.75, 3.05) is 0 Å². The predicted molar refractivity (Wildman–Crippen MR) is 90.8 cm³/mol. The Labute approximate surface area is 137 Å². The molecule has 2 heterocycles. The summed E-state index contributed by atoms with van der Waals surface area (Å²) in [6.07, 6.45) is 1.64. The van der Waals surface area contributed by atoms with Crippen molar-refractivity contribution in [3.05, 3.63) is 58.5 Å².